The van der Waals surface area contributed by atoms with Crippen LogP contribution in [0.2, 0.25) is 0 Å². The van der Waals surface area contributed by atoms with Crippen LogP contribution in [-0.2, 0) is 14.8 Å². The van der Waals surface area contributed by atoms with Gasteiger partial charge in [-0.1, -0.05) is 29.8 Å². The van der Waals surface area contributed by atoms with E-state index < -0.39 is 15.9 Å². The van der Waals surface area contributed by atoms with Gasteiger partial charge >= 0.3 is 0 Å². The maximum atomic E-state index is 12.3. The highest BCUT2D eigenvalue weighted by Gasteiger charge is 2.13. The molecule has 0 radical (unpaired) electrons. The molecule has 2 rings (SSSR count). The second kappa shape index (κ2) is 7.08. The van der Waals surface area contributed by atoms with Gasteiger partial charge in [0.25, 0.3) is 15.9 Å². The Labute approximate surface area is 134 Å². The maximum Gasteiger partial charge on any atom is 0.267 e. The third-order valence-corrected chi connectivity index (χ3v) is 4.40. The quantitative estimate of drug-likeness (QED) is 0.445. The topological polar surface area (TPSA) is 95.5 Å². The first-order valence-corrected chi connectivity index (χ1v) is 8.21. The molecule has 3 N–H and O–H groups in total. The van der Waals surface area contributed by atoms with Gasteiger partial charge < -0.3 is 0 Å². The molecule has 0 saturated heterocycles. The zero-order valence-electron chi connectivity index (χ0n) is 12.4. The van der Waals surface area contributed by atoms with Crippen molar-refractivity contribution < 1.29 is 18.4 Å². The van der Waals surface area contributed by atoms with E-state index in [1.807, 2.05) is 6.92 Å². The van der Waals surface area contributed by atoms with E-state index >= 15 is 0 Å². The molecule has 23 heavy (non-hydrogen) atoms. The second-order valence-electron chi connectivity index (χ2n) is 4.85. The fourth-order valence-corrected chi connectivity index (χ4v) is 2.90. The highest BCUT2D eigenvalue weighted by atomic mass is 32.2. The number of aryl methyl sites for hydroxylation is 1. The first-order valence-electron chi connectivity index (χ1n) is 6.72. The van der Waals surface area contributed by atoms with Gasteiger partial charge in [-0.15, -0.1) is 0 Å². The summed E-state index contributed by atoms with van der Waals surface area (Å²) in [7, 11) is -3.68. The van der Waals surface area contributed by atoms with Crippen molar-refractivity contribution in [2.45, 2.75) is 11.8 Å². The molecule has 0 aliphatic heterocycles. The maximum absolute atomic E-state index is 12.3. The number of hydroxylamine groups is 1. The normalized spacial score (nSPS) is 11.4. The summed E-state index contributed by atoms with van der Waals surface area (Å²) in [6.45, 7) is 1.88. The Balaban J connectivity index is 2.21. The van der Waals surface area contributed by atoms with E-state index in [1.54, 1.807) is 36.4 Å². The monoisotopic (exact) mass is 332 g/mol. The predicted molar refractivity (Wildman–Crippen MR) is 87.4 cm³/mol. The molecule has 0 aromatic heterocycles. The highest BCUT2D eigenvalue weighted by molar-refractivity contribution is 7.92. The molecule has 0 unspecified atom stereocenters. The van der Waals surface area contributed by atoms with E-state index in [2.05, 4.69) is 4.72 Å². The van der Waals surface area contributed by atoms with Crippen LogP contribution in [0, 0.1) is 6.92 Å². The van der Waals surface area contributed by atoms with Crippen molar-refractivity contribution in [1.29, 1.82) is 0 Å². The van der Waals surface area contributed by atoms with Crippen LogP contribution >= 0.6 is 0 Å². The molecule has 6 nitrogen and oxygen atoms in total. The molecule has 120 valence electrons. The van der Waals surface area contributed by atoms with Crippen LogP contribution in [-0.4, -0.2) is 19.5 Å². The van der Waals surface area contributed by atoms with Gasteiger partial charge in [0, 0.05) is 11.8 Å². The molecule has 7 heteroatoms. The lowest BCUT2D eigenvalue weighted by molar-refractivity contribution is -0.124. The van der Waals surface area contributed by atoms with E-state index in [1.165, 1.54) is 23.7 Å². The lowest BCUT2D eigenvalue weighted by atomic mass is 10.2. The number of amides is 1. The molecule has 0 aliphatic carbocycles. The third-order valence-electron chi connectivity index (χ3n) is 3.01. The zero-order chi connectivity index (χ0) is 16.9. The van der Waals surface area contributed by atoms with Crippen LogP contribution in [0.15, 0.2) is 59.5 Å². The molecule has 0 bridgehead atoms. The summed E-state index contributed by atoms with van der Waals surface area (Å²) in [4.78, 5) is 11.1. The Morgan fingerprint density at radius 1 is 1.13 bits per heavy atom. The minimum Gasteiger partial charge on any atom is -0.288 e. The van der Waals surface area contributed by atoms with Gasteiger partial charge in [-0.05, 0) is 42.8 Å². The van der Waals surface area contributed by atoms with Crippen LogP contribution in [0.1, 0.15) is 11.1 Å². The van der Waals surface area contributed by atoms with Crippen LogP contribution in [0.5, 0.6) is 0 Å². The van der Waals surface area contributed by atoms with E-state index in [4.69, 9.17) is 5.21 Å². The van der Waals surface area contributed by atoms with Crippen LogP contribution < -0.4 is 10.2 Å². The smallest absolute Gasteiger partial charge is 0.267 e. The zero-order valence-corrected chi connectivity index (χ0v) is 13.2. The van der Waals surface area contributed by atoms with Gasteiger partial charge in [-0.3, -0.25) is 14.7 Å². The Hall–Kier alpha value is -2.64. The van der Waals surface area contributed by atoms with Gasteiger partial charge in [-0.25, -0.2) is 13.9 Å². The molecular formula is C16H16N2O4S. The number of nitrogens with one attached hydrogen (secondary N) is 2. The second-order valence-corrected chi connectivity index (χ2v) is 6.54. The molecule has 0 heterocycles. The number of sulfonamides is 1. The molecule has 2 aromatic rings. The van der Waals surface area contributed by atoms with Crippen molar-refractivity contribution in [2.24, 2.45) is 0 Å². The number of carbonyl (C=O) groups is 1. The van der Waals surface area contributed by atoms with Crippen LogP contribution in [0.25, 0.3) is 6.08 Å². The first-order chi connectivity index (χ1) is 10.9. The van der Waals surface area contributed by atoms with Gasteiger partial charge in [0.05, 0.1) is 4.90 Å². The minimum absolute atomic E-state index is 0.170. The number of benzene rings is 2. The van der Waals surface area contributed by atoms with E-state index in [0.29, 0.717) is 11.3 Å². The average molecular weight is 332 g/mol. The van der Waals surface area contributed by atoms with Crippen LogP contribution in [0.3, 0.4) is 0 Å². The summed E-state index contributed by atoms with van der Waals surface area (Å²) in [6.07, 6.45) is 2.59. The SMILES string of the molecule is Cc1ccc(S(=O)(=O)Nc2cccc(/C=C/C(=O)NO)c2)cc1. The van der Waals surface area contributed by atoms with Crippen molar-refractivity contribution in [3.8, 4) is 0 Å². The lowest BCUT2D eigenvalue weighted by Gasteiger charge is -2.09. The summed E-state index contributed by atoms with van der Waals surface area (Å²) in [5.74, 6) is -0.671. The number of hydrogen-bond donors (Lipinski definition) is 3. The van der Waals surface area contributed by atoms with E-state index in [-0.39, 0.29) is 4.90 Å². The molecule has 0 aliphatic rings. The minimum atomic E-state index is -3.68. The van der Waals surface area contributed by atoms with E-state index in [9.17, 15) is 13.2 Å². The molecule has 0 fully saturated rings. The molecular weight excluding hydrogens is 316 g/mol. The van der Waals surface area contributed by atoms with Gasteiger partial charge in [-0.2, -0.15) is 0 Å². The van der Waals surface area contributed by atoms with Crippen molar-refractivity contribution in [3.05, 3.63) is 65.7 Å². The Kier molecular flexibility index (Phi) is 5.15. The predicted octanol–water partition coefficient (Wildman–Crippen LogP) is 2.31. The fraction of sp³-hybridized carbons (Fsp3) is 0.0625. The van der Waals surface area contributed by atoms with Crippen molar-refractivity contribution in [2.75, 3.05) is 4.72 Å². The summed E-state index contributed by atoms with van der Waals surface area (Å²) in [5.41, 5.74) is 3.43. The average Bonchev–Trinajstić information content (AvgIpc) is 2.53. The van der Waals surface area contributed by atoms with Gasteiger partial charge in [0.1, 0.15) is 0 Å². The van der Waals surface area contributed by atoms with Crippen molar-refractivity contribution in [1.82, 2.24) is 5.48 Å². The number of anilines is 1. The molecule has 2 aromatic carbocycles. The summed E-state index contributed by atoms with van der Waals surface area (Å²) in [6, 6.07) is 13.1. The molecule has 0 atom stereocenters. The first kappa shape index (κ1) is 16.7. The summed E-state index contributed by atoms with van der Waals surface area (Å²) < 4.78 is 27.1. The molecule has 1 amide bonds. The Bertz CT molecular complexity index is 827. The highest BCUT2D eigenvalue weighted by Crippen LogP contribution is 2.18. The number of hydrogen-bond acceptors (Lipinski definition) is 4. The third kappa shape index (κ3) is 4.67. The van der Waals surface area contributed by atoms with Gasteiger partial charge in [0.15, 0.2) is 0 Å². The standard InChI is InChI=1S/C16H16N2O4S/c1-12-5-8-15(9-6-12)23(21,22)18-14-4-2-3-13(11-14)7-10-16(19)17-20/h2-11,18,20H,1H3,(H,17,19)/b10-7+. The Morgan fingerprint density at radius 2 is 1.83 bits per heavy atom. The van der Waals surface area contributed by atoms with Crippen LogP contribution in [0.4, 0.5) is 5.69 Å². The lowest BCUT2D eigenvalue weighted by Crippen LogP contribution is -2.14. The number of rotatable bonds is 5. The molecule has 0 saturated carbocycles. The summed E-state index contributed by atoms with van der Waals surface area (Å²) in [5, 5.41) is 8.42. The fourth-order valence-electron chi connectivity index (χ4n) is 1.85. The molecule has 0 spiro atoms. The van der Waals surface area contributed by atoms with Gasteiger partial charge in [0.2, 0.25) is 0 Å². The Morgan fingerprint density at radius 3 is 2.48 bits per heavy atom. The summed E-state index contributed by atoms with van der Waals surface area (Å²) >= 11 is 0. The van der Waals surface area contributed by atoms with Crippen molar-refractivity contribution in [3.63, 3.8) is 0 Å². The van der Waals surface area contributed by atoms with E-state index in [0.717, 1.165) is 11.6 Å². The number of carbonyl (C=O) groups excluding carboxylic acids is 1. The van der Waals surface area contributed by atoms with Crippen molar-refractivity contribution >= 4 is 27.7 Å². The largest absolute Gasteiger partial charge is 0.288 e.